The van der Waals surface area contributed by atoms with Gasteiger partial charge in [0.05, 0.1) is 10.9 Å². The standard InChI is InChI=1S/C27H38N2O3S/c1-19(2)17-22-11-12-24(33-22)25(30)28-23(21-9-7-6-8-10-21)18-20-13-15-29(16-14-20)26(31)32-27(3,4)5/h6-12,19-20,23H,13-18H2,1-5H3,(H,28,30). The maximum atomic E-state index is 13.1. The molecule has 0 radical (unpaired) electrons. The number of hydrogen-bond donors (Lipinski definition) is 1. The van der Waals surface area contributed by atoms with Crippen LogP contribution in [0.1, 0.15) is 80.0 Å². The maximum absolute atomic E-state index is 13.1. The Balaban J connectivity index is 1.62. The van der Waals surface area contributed by atoms with E-state index in [1.807, 2.05) is 45.0 Å². The lowest BCUT2D eigenvalue weighted by Crippen LogP contribution is -2.42. The van der Waals surface area contributed by atoms with Crippen LogP contribution in [-0.4, -0.2) is 35.6 Å². The molecule has 1 saturated heterocycles. The monoisotopic (exact) mass is 470 g/mol. The van der Waals surface area contributed by atoms with Crippen LogP contribution in [-0.2, 0) is 11.2 Å². The summed E-state index contributed by atoms with van der Waals surface area (Å²) in [6.45, 7) is 11.5. The van der Waals surface area contributed by atoms with Crippen molar-refractivity contribution < 1.29 is 14.3 Å². The minimum atomic E-state index is -0.479. The van der Waals surface area contributed by atoms with Crippen molar-refractivity contribution in [1.29, 1.82) is 0 Å². The minimum Gasteiger partial charge on any atom is -0.444 e. The number of benzene rings is 1. The van der Waals surface area contributed by atoms with E-state index in [0.29, 0.717) is 24.9 Å². The number of rotatable bonds is 7. The van der Waals surface area contributed by atoms with Crippen molar-refractivity contribution in [1.82, 2.24) is 10.2 Å². The molecule has 0 spiro atoms. The van der Waals surface area contributed by atoms with Gasteiger partial charge in [-0.05, 0) is 76.0 Å². The zero-order chi connectivity index (χ0) is 24.0. The number of nitrogens with one attached hydrogen (secondary N) is 1. The number of carbonyl (C=O) groups excluding carboxylic acids is 2. The summed E-state index contributed by atoms with van der Waals surface area (Å²) in [7, 11) is 0. The molecule has 33 heavy (non-hydrogen) atoms. The molecule has 0 saturated carbocycles. The average Bonchev–Trinajstić information content (AvgIpc) is 3.21. The lowest BCUT2D eigenvalue weighted by Gasteiger charge is -2.35. The van der Waals surface area contributed by atoms with Gasteiger partial charge in [0.15, 0.2) is 0 Å². The molecule has 0 aliphatic carbocycles. The molecule has 1 aliphatic heterocycles. The molecule has 5 nitrogen and oxygen atoms in total. The molecule has 1 atom stereocenters. The molecule has 1 aromatic carbocycles. The summed E-state index contributed by atoms with van der Waals surface area (Å²) in [5, 5.41) is 3.29. The summed E-state index contributed by atoms with van der Waals surface area (Å²) in [5.41, 5.74) is 0.646. The Bertz CT molecular complexity index is 909. The summed E-state index contributed by atoms with van der Waals surface area (Å²) < 4.78 is 5.52. The van der Waals surface area contributed by atoms with E-state index < -0.39 is 5.60 Å². The minimum absolute atomic E-state index is 0.00458. The van der Waals surface area contributed by atoms with Crippen LogP contribution in [0.15, 0.2) is 42.5 Å². The number of carbonyl (C=O) groups is 2. The second-order valence-electron chi connectivity index (χ2n) is 10.4. The van der Waals surface area contributed by atoms with Crippen molar-refractivity contribution >= 4 is 23.3 Å². The topological polar surface area (TPSA) is 58.6 Å². The molecule has 1 fully saturated rings. The second-order valence-corrected chi connectivity index (χ2v) is 11.6. The Morgan fingerprint density at radius 1 is 1.09 bits per heavy atom. The van der Waals surface area contributed by atoms with E-state index in [1.165, 1.54) is 4.88 Å². The second kappa shape index (κ2) is 11.2. The van der Waals surface area contributed by atoms with E-state index in [2.05, 4.69) is 37.4 Å². The zero-order valence-corrected chi connectivity index (χ0v) is 21.4. The molecule has 2 aromatic rings. The van der Waals surface area contributed by atoms with Gasteiger partial charge in [-0.25, -0.2) is 4.79 Å². The van der Waals surface area contributed by atoms with Crippen LogP contribution < -0.4 is 5.32 Å². The lowest BCUT2D eigenvalue weighted by molar-refractivity contribution is 0.0178. The normalized spacial score (nSPS) is 16.0. The summed E-state index contributed by atoms with van der Waals surface area (Å²) in [4.78, 5) is 29.3. The highest BCUT2D eigenvalue weighted by Gasteiger charge is 2.29. The van der Waals surface area contributed by atoms with Gasteiger partial charge < -0.3 is 15.0 Å². The molecule has 1 aromatic heterocycles. The fraction of sp³-hybridized carbons (Fsp3) is 0.556. The molecule has 3 rings (SSSR count). The van der Waals surface area contributed by atoms with Gasteiger partial charge in [0.25, 0.3) is 5.91 Å². The highest BCUT2D eigenvalue weighted by Crippen LogP contribution is 2.30. The van der Waals surface area contributed by atoms with Gasteiger partial charge >= 0.3 is 6.09 Å². The summed E-state index contributed by atoms with van der Waals surface area (Å²) in [6.07, 6.45) is 3.45. The molecule has 1 N–H and O–H groups in total. The third-order valence-corrected chi connectivity index (χ3v) is 6.94. The number of amides is 2. The van der Waals surface area contributed by atoms with E-state index in [4.69, 9.17) is 4.74 Å². The third kappa shape index (κ3) is 7.88. The molecule has 1 aliphatic rings. The first-order chi connectivity index (χ1) is 15.6. The number of nitrogens with zero attached hydrogens (tertiary/aromatic N) is 1. The van der Waals surface area contributed by atoms with Crippen molar-refractivity contribution in [2.24, 2.45) is 11.8 Å². The Kier molecular flexibility index (Phi) is 8.57. The van der Waals surface area contributed by atoms with E-state index in [1.54, 1.807) is 16.2 Å². The average molecular weight is 471 g/mol. The zero-order valence-electron chi connectivity index (χ0n) is 20.6. The predicted molar refractivity (Wildman–Crippen MR) is 135 cm³/mol. The van der Waals surface area contributed by atoms with Crippen LogP contribution in [0.25, 0.3) is 0 Å². The van der Waals surface area contributed by atoms with Gasteiger partial charge in [0.1, 0.15) is 5.60 Å². The number of piperidine rings is 1. The van der Waals surface area contributed by atoms with Crippen LogP contribution in [0.4, 0.5) is 4.79 Å². The summed E-state index contributed by atoms with van der Waals surface area (Å²) >= 11 is 1.59. The van der Waals surface area contributed by atoms with Gasteiger partial charge in [-0.15, -0.1) is 11.3 Å². The molecule has 0 bridgehead atoms. The van der Waals surface area contributed by atoms with Crippen LogP contribution >= 0.6 is 11.3 Å². The van der Waals surface area contributed by atoms with Crippen LogP contribution in [0.2, 0.25) is 0 Å². The summed E-state index contributed by atoms with van der Waals surface area (Å²) in [5.74, 6) is 1.01. The van der Waals surface area contributed by atoms with Crippen LogP contribution in [0.5, 0.6) is 0 Å². The maximum Gasteiger partial charge on any atom is 0.410 e. The number of hydrogen-bond acceptors (Lipinski definition) is 4. The van der Waals surface area contributed by atoms with E-state index in [9.17, 15) is 9.59 Å². The van der Waals surface area contributed by atoms with Crippen LogP contribution in [0, 0.1) is 11.8 Å². The highest BCUT2D eigenvalue weighted by atomic mass is 32.1. The molecule has 2 heterocycles. The van der Waals surface area contributed by atoms with Gasteiger partial charge in [0, 0.05) is 18.0 Å². The molecule has 6 heteroatoms. The number of likely N-dealkylation sites (tertiary alicyclic amines) is 1. The summed E-state index contributed by atoms with van der Waals surface area (Å²) in [6, 6.07) is 14.2. The van der Waals surface area contributed by atoms with Gasteiger partial charge in [0.2, 0.25) is 0 Å². The quantitative estimate of drug-likeness (QED) is 0.505. The fourth-order valence-corrected chi connectivity index (χ4v) is 5.34. The molecular weight excluding hydrogens is 432 g/mol. The van der Waals surface area contributed by atoms with E-state index >= 15 is 0 Å². The van der Waals surface area contributed by atoms with Crippen molar-refractivity contribution in [2.45, 2.75) is 71.9 Å². The fourth-order valence-electron chi connectivity index (χ4n) is 4.22. The van der Waals surface area contributed by atoms with Crippen molar-refractivity contribution in [3.63, 3.8) is 0 Å². The SMILES string of the molecule is CC(C)Cc1ccc(C(=O)NC(CC2CCN(C(=O)OC(C)(C)C)CC2)c2ccccc2)s1. The Labute approximate surface area is 202 Å². The molecule has 180 valence electrons. The van der Waals surface area contributed by atoms with Crippen LogP contribution in [0.3, 0.4) is 0 Å². The van der Waals surface area contributed by atoms with Gasteiger partial charge in [-0.2, -0.15) is 0 Å². The Morgan fingerprint density at radius 3 is 2.36 bits per heavy atom. The smallest absolute Gasteiger partial charge is 0.410 e. The first kappa shape index (κ1) is 25.3. The third-order valence-electron chi connectivity index (χ3n) is 5.84. The Morgan fingerprint density at radius 2 is 1.76 bits per heavy atom. The molecule has 2 amide bonds. The Hall–Kier alpha value is -2.34. The largest absolute Gasteiger partial charge is 0.444 e. The lowest BCUT2D eigenvalue weighted by atomic mass is 9.87. The first-order valence-electron chi connectivity index (χ1n) is 12.0. The highest BCUT2D eigenvalue weighted by molar-refractivity contribution is 7.14. The van der Waals surface area contributed by atoms with Gasteiger partial charge in [-0.3, -0.25) is 4.79 Å². The first-order valence-corrected chi connectivity index (χ1v) is 12.8. The van der Waals surface area contributed by atoms with Crippen molar-refractivity contribution in [3.05, 3.63) is 57.8 Å². The molecular formula is C27H38N2O3S. The van der Waals surface area contributed by atoms with Crippen molar-refractivity contribution in [3.8, 4) is 0 Å². The predicted octanol–water partition coefficient (Wildman–Crippen LogP) is 6.45. The van der Waals surface area contributed by atoms with E-state index in [0.717, 1.165) is 36.1 Å². The number of ether oxygens (including phenoxy) is 1. The number of thiophene rings is 1. The van der Waals surface area contributed by atoms with Gasteiger partial charge in [-0.1, -0.05) is 44.2 Å². The van der Waals surface area contributed by atoms with E-state index in [-0.39, 0.29) is 18.0 Å². The van der Waals surface area contributed by atoms with Crippen molar-refractivity contribution in [2.75, 3.05) is 13.1 Å². The molecule has 1 unspecified atom stereocenters.